The average molecular weight is 272 g/mol. The number of nitrogens with two attached hydrogens (primary N) is 1. The number of rotatable bonds is 3. The van der Waals surface area contributed by atoms with Crippen LogP contribution >= 0.6 is 0 Å². The number of hydroxylamine groups is 1. The minimum Gasteiger partial charge on any atom is -0.491 e. The van der Waals surface area contributed by atoms with E-state index in [1.54, 1.807) is 0 Å². The molecule has 1 aliphatic heterocycles. The lowest BCUT2D eigenvalue weighted by molar-refractivity contribution is 0.0999. The first-order chi connectivity index (χ1) is 9.66. The topological polar surface area (TPSA) is 102 Å². The van der Waals surface area contributed by atoms with Gasteiger partial charge >= 0.3 is 0 Å². The van der Waals surface area contributed by atoms with Crippen LogP contribution in [0.2, 0.25) is 0 Å². The van der Waals surface area contributed by atoms with Crippen LogP contribution in [0.3, 0.4) is 0 Å². The zero-order valence-electron chi connectivity index (χ0n) is 10.4. The molecule has 7 heteroatoms. The van der Waals surface area contributed by atoms with Gasteiger partial charge in [0.2, 0.25) is 5.95 Å². The fraction of sp³-hybridized carbons (Fsp3) is 0.154. The van der Waals surface area contributed by atoms with Crippen LogP contribution in [0, 0.1) is 0 Å². The molecule has 1 aromatic carbocycles. The summed E-state index contributed by atoms with van der Waals surface area (Å²) in [4.78, 5) is 18.8. The minimum absolute atomic E-state index is 0.0836. The van der Waals surface area contributed by atoms with Gasteiger partial charge < -0.3 is 10.5 Å². The van der Waals surface area contributed by atoms with Gasteiger partial charge in [-0.1, -0.05) is 18.2 Å². The highest BCUT2D eigenvalue weighted by Gasteiger charge is 2.30. The smallest absolute Gasteiger partial charge is 0.251 e. The van der Waals surface area contributed by atoms with Gasteiger partial charge in [-0.2, -0.15) is 0 Å². The zero-order valence-corrected chi connectivity index (χ0v) is 10.4. The largest absolute Gasteiger partial charge is 0.491 e. The first-order valence-electron chi connectivity index (χ1n) is 5.98. The van der Waals surface area contributed by atoms with Gasteiger partial charge in [-0.25, -0.2) is 15.0 Å². The van der Waals surface area contributed by atoms with Gasteiger partial charge in [0.05, 0.1) is 5.56 Å². The average Bonchev–Trinajstić information content (AvgIpc) is 2.90. The molecule has 1 unspecified atom stereocenters. The van der Waals surface area contributed by atoms with E-state index in [4.69, 9.17) is 10.5 Å². The lowest BCUT2D eigenvalue weighted by atomic mass is 10.1. The van der Waals surface area contributed by atoms with E-state index in [1.165, 1.54) is 12.4 Å². The Bertz CT molecular complexity index is 644. The molecule has 0 saturated carbocycles. The number of carbonyl (C=O) groups is 1. The Kier molecular flexibility index (Phi) is 2.96. The molecule has 20 heavy (non-hydrogen) atoms. The molecule has 2 aromatic rings. The van der Waals surface area contributed by atoms with E-state index in [1.807, 2.05) is 24.3 Å². The summed E-state index contributed by atoms with van der Waals surface area (Å²) in [7, 11) is 0. The van der Waals surface area contributed by atoms with Gasteiger partial charge in [0.1, 0.15) is 18.4 Å². The maximum absolute atomic E-state index is 10.9. The minimum atomic E-state index is -0.615. The third-order valence-electron chi connectivity index (χ3n) is 3.10. The lowest BCUT2D eigenvalue weighted by Crippen LogP contribution is -2.28. The van der Waals surface area contributed by atoms with Gasteiger partial charge in [0, 0.05) is 18.0 Å². The van der Waals surface area contributed by atoms with Gasteiger partial charge in [0.25, 0.3) is 5.91 Å². The van der Waals surface area contributed by atoms with Crippen LogP contribution in [0.15, 0.2) is 36.7 Å². The van der Waals surface area contributed by atoms with Crippen molar-refractivity contribution in [1.29, 1.82) is 0 Å². The van der Waals surface area contributed by atoms with E-state index in [0.29, 0.717) is 6.61 Å². The summed E-state index contributed by atoms with van der Waals surface area (Å²) < 4.78 is 5.48. The predicted octanol–water partition coefficient (Wildman–Crippen LogP) is 0.905. The number of primary amides is 1. The first kappa shape index (κ1) is 12.4. The summed E-state index contributed by atoms with van der Waals surface area (Å²) in [5.74, 6) is 0.196. The van der Waals surface area contributed by atoms with Crippen molar-refractivity contribution in [3.63, 3.8) is 0 Å². The molecule has 1 aromatic heterocycles. The Morgan fingerprint density at radius 3 is 2.75 bits per heavy atom. The van der Waals surface area contributed by atoms with Crippen molar-refractivity contribution >= 4 is 11.9 Å². The number of amides is 1. The van der Waals surface area contributed by atoms with Crippen molar-refractivity contribution in [3.05, 3.63) is 47.8 Å². The van der Waals surface area contributed by atoms with Crippen molar-refractivity contribution < 1.29 is 14.7 Å². The Morgan fingerprint density at radius 2 is 2.05 bits per heavy atom. The molecule has 0 radical (unpaired) electrons. The highest BCUT2D eigenvalue weighted by atomic mass is 16.5. The SMILES string of the molecule is NC(=O)c1cnc(N(O)C2COc3ccccc32)nc1. The molecule has 102 valence electrons. The number of nitrogens with zero attached hydrogens (tertiary/aromatic N) is 3. The van der Waals surface area contributed by atoms with E-state index in [0.717, 1.165) is 16.4 Å². The van der Waals surface area contributed by atoms with Crippen LogP contribution in [0.1, 0.15) is 22.0 Å². The van der Waals surface area contributed by atoms with Gasteiger partial charge in [-0.05, 0) is 6.07 Å². The number of anilines is 1. The van der Waals surface area contributed by atoms with Crippen molar-refractivity contribution in [1.82, 2.24) is 9.97 Å². The molecule has 0 spiro atoms. The van der Waals surface area contributed by atoms with Crippen molar-refractivity contribution in [2.75, 3.05) is 11.7 Å². The molecule has 3 N–H and O–H groups in total. The van der Waals surface area contributed by atoms with E-state index >= 15 is 0 Å². The molecule has 3 rings (SSSR count). The summed E-state index contributed by atoms with van der Waals surface area (Å²) in [5.41, 5.74) is 6.15. The maximum Gasteiger partial charge on any atom is 0.251 e. The van der Waals surface area contributed by atoms with Crippen molar-refractivity contribution in [3.8, 4) is 5.75 Å². The lowest BCUT2D eigenvalue weighted by Gasteiger charge is -2.20. The van der Waals surface area contributed by atoms with Crippen molar-refractivity contribution in [2.24, 2.45) is 5.73 Å². The third kappa shape index (κ3) is 2.04. The first-order valence-corrected chi connectivity index (χ1v) is 5.98. The third-order valence-corrected chi connectivity index (χ3v) is 3.10. The number of aromatic nitrogens is 2. The Hall–Kier alpha value is -2.67. The number of hydrogen-bond donors (Lipinski definition) is 2. The second-order valence-corrected chi connectivity index (χ2v) is 4.35. The summed E-state index contributed by atoms with van der Waals surface area (Å²) in [6.07, 6.45) is 2.55. The summed E-state index contributed by atoms with van der Waals surface area (Å²) in [6.45, 7) is 0.302. The molecule has 1 amide bonds. The highest BCUT2D eigenvalue weighted by Crippen LogP contribution is 2.35. The van der Waals surface area contributed by atoms with E-state index < -0.39 is 5.91 Å². The fourth-order valence-electron chi connectivity index (χ4n) is 2.05. The number of carbonyl (C=O) groups excluding carboxylic acids is 1. The van der Waals surface area contributed by atoms with E-state index in [2.05, 4.69) is 9.97 Å². The van der Waals surface area contributed by atoms with Gasteiger partial charge in [-0.3, -0.25) is 10.0 Å². The number of fused-ring (bicyclic) bond motifs is 1. The Balaban J connectivity index is 1.86. The molecule has 2 heterocycles. The molecule has 0 aliphatic carbocycles. The normalized spacial score (nSPS) is 16.4. The van der Waals surface area contributed by atoms with Crippen LogP contribution in [0.4, 0.5) is 5.95 Å². The van der Waals surface area contributed by atoms with Gasteiger partial charge in [0.15, 0.2) is 0 Å². The van der Waals surface area contributed by atoms with Crippen LogP contribution in [-0.2, 0) is 0 Å². The Morgan fingerprint density at radius 1 is 1.35 bits per heavy atom. The van der Waals surface area contributed by atoms with E-state index in [9.17, 15) is 10.0 Å². The summed E-state index contributed by atoms with van der Waals surface area (Å²) in [6, 6.07) is 7.05. The van der Waals surface area contributed by atoms with E-state index in [-0.39, 0.29) is 17.6 Å². The van der Waals surface area contributed by atoms with Gasteiger partial charge in [-0.15, -0.1) is 0 Å². The molecule has 0 bridgehead atoms. The second kappa shape index (κ2) is 4.78. The molecule has 0 fully saturated rings. The van der Waals surface area contributed by atoms with Crippen LogP contribution < -0.4 is 15.5 Å². The summed E-state index contributed by atoms with van der Waals surface area (Å²) in [5, 5.41) is 11.1. The molecule has 7 nitrogen and oxygen atoms in total. The van der Waals surface area contributed by atoms with Crippen LogP contribution in [0.25, 0.3) is 0 Å². The molecule has 1 atom stereocenters. The molecule has 0 saturated heterocycles. The van der Waals surface area contributed by atoms with Crippen LogP contribution in [0.5, 0.6) is 5.75 Å². The van der Waals surface area contributed by atoms with Crippen molar-refractivity contribution in [2.45, 2.75) is 6.04 Å². The molecular formula is C13H12N4O3. The predicted molar refractivity (Wildman–Crippen MR) is 69.5 cm³/mol. The monoisotopic (exact) mass is 272 g/mol. The Labute approximate surface area is 114 Å². The quantitative estimate of drug-likeness (QED) is 0.805. The molecular weight excluding hydrogens is 260 g/mol. The maximum atomic E-state index is 10.9. The zero-order chi connectivity index (χ0) is 14.1. The number of hydrogen-bond acceptors (Lipinski definition) is 6. The highest BCUT2D eigenvalue weighted by molar-refractivity contribution is 5.92. The standard InChI is InChI=1S/C13H12N4O3/c14-12(18)8-5-15-13(16-6-8)17(19)10-7-20-11-4-2-1-3-9(10)11/h1-6,10,19H,7H2,(H2,14,18). The van der Waals surface area contributed by atoms with Crippen LogP contribution in [-0.4, -0.2) is 27.7 Å². The second-order valence-electron chi connectivity index (χ2n) is 4.35. The number of ether oxygens (including phenoxy) is 1. The number of para-hydroxylation sites is 1. The molecule has 1 aliphatic rings. The summed E-state index contributed by atoms with van der Waals surface area (Å²) >= 11 is 0. The number of benzene rings is 1. The fourth-order valence-corrected chi connectivity index (χ4v) is 2.05.